The Bertz CT molecular complexity index is 1080. The fourth-order valence-electron chi connectivity index (χ4n) is 3.25. The minimum Gasteiger partial charge on any atom is -0.548 e. The van der Waals surface area contributed by atoms with Crippen LogP contribution in [-0.2, 0) is 4.79 Å². The number of carbonyl (C=O) groups excluding carboxylic acids is 1. The molecule has 1 aromatic heterocycles. The highest BCUT2D eigenvalue weighted by molar-refractivity contribution is 5.82. The van der Waals surface area contributed by atoms with Crippen LogP contribution in [-0.4, -0.2) is 19.1 Å². The third-order valence-electron chi connectivity index (χ3n) is 4.70. The van der Waals surface area contributed by atoms with E-state index in [1.807, 2.05) is 64.1 Å². The third kappa shape index (κ3) is 3.93. The second kappa shape index (κ2) is 7.89. The van der Waals surface area contributed by atoms with Crippen LogP contribution in [0.1, 0.15) is 25.0 Å². The number of hydrogen-bond donors (Lipinski definition) is 0. The summed E-state index contributed by atoms with van der Waals surface area (Å²) >= 11 is 0. The van der Waals surface area contributed by atoms with Gasteiger partial charge >= 0.3 is 0 Å². The van der Waals surface area contributed by atoms with E-state index in [0.29, 0.717) is 16.7 Å². The number of carboxylic acids is 1. The second-order valence-electron chi connectivity index (χ2n) is 7.32. The minimum absolute atomic E-state index is 0.187. The predicted octanol–water partition coefficient (Wildman–Crippen LogP) is 3.40. The lowest BCUT2D eigenvalue weighted by molar-refractivity contribution is -0.308. The third-order valence-corrected chi connectivity index (χ3v) is 4.70. The fourth-order valence-corrected chi connectivity index (χ4v) is 3.25. The highest BCUT2D eigenvalue weighted by atomic mass is 16.5. The molecule has 0 bridgehead atoms. The number of hydrogen-bond acceptors (Lipinski definition) is 5. The van der Waals surface area contributed by atoms with Crippen molar-refractivity contribution in [3.63, 3.8) is 0 Å². The molecule has 0 spiro atoms. The molecule has 1 atom stereocenters. The smallest absolute Gasteiger partial charge is 0.139 e. The summed E-state index contributed by atoms with van der Waals surface area (Å²) in [5.74, 6) is -0.00774. The summed E-state index contributed by atoms with van der Waals surface area (Å²) in [5.41, 5.74) is 3.58. The molecule has 0 fully saturated rings. The summed E-state index contributed by atoms with van der Waals surface area (Å²) in [6, 6.07) is 12.4. The molecule has 0 aliphatic carbocycles. The summed E-state index contributed by atoms with van der Waals surface area (Å²) in [4.78, 5) is 16.1. The molecule has 0 aliphatic heterocycles. The van der Waals surface area contributed by atoms with Crippen molar-refractivity contribution < 1.29 is 19.1 Å². The zero-order chi connectivity index (χ0) is 20.4. The Hall–Kier alpha value is -3.08. The van der Waals surface area contributed by atoms with Gasteiger partial charge in [0.15, 0.2) is 0 Å². The highest BCUT2D eigenvalue weighted by Crippen LogP contribution is 2.26. The van der Waals surface area contributed by atoms with Crippen molar-refractivity contribution in [3.05, 3.63) is 58.9 Å². The summed E-state index contributed by atoms with van der Waals surface area (Å²) in [6.45, 7) is 7.60. The van der Waals surface area contributed by atoms with E-state index in [1.54, 1.807) is 13.2 Å². The van der Waals surface area contributed by atoms with E-state index in [-0.39, 0.29) is 5.92 Å². The number of rotatable bonds is 5. The van der Waals surface area contributed by atoms with Gasteiger partial charge in [0.25, 0.3) is 0 Å². The van der Waals surface area contributed by atoms with Gasteiger partial charge in [-0.05, 0) is 61.2 Å². The summed E-state index contributed by atoms with van der Waals surface area (Å²) in [6.07, 6.45) is 0. The highest BCUT2D eigenvalue weighted by Gasteiger charge is 2.15. The van der Waals surface area contributed by atoms with Crippen LogP contribution in [0.3, 0.4) is 0 Å². The van der Waals surface area contributed by atoms with Gasteiger partial charge in [0.2, 0.25) is 0 Å². The topological polar surface area (TPSA) is 74.9 Å². The molecule has 3 aromatic rings. The Balaban J connectivity index is 2.32. The number of benzene rings is 2. The van der Waals surface area contributed by atoms with Crippen LogP contribution < -0.4 is 15.2 Å². The second-order valence-corrected chi connectivity index (χ2v) is 7.32. The molecule has 2 aromatic carbocycles. The van der Waals surface area contributed by atoms with E-state index in [1.165, 1.54) is 0 Å². The Morgan fingerprint density at radius 1 is 1.11 bits per heavy atom. The average molecular weight is 378 g/mol. The van der Waals surface area contributed by atoms with Gasteiger partial charge in [0.1, 0.15) is 17.1 Å². The van der Waals surface area contributed by atoms with Gasteiger partial charge in [0, 0.05) is 17.0 Å². The molecule has 0 radical (unpaired) electrons. The lowest BCUT2D eigenvalue weighted by Crippen LogP contribution is -2.39. The van der Waals surface area contributed by atoms with E-state index in [0.717, 1.165) is 27.8 Å². The van der Waals surface area contributed by atoms with Crippen LogP contribution in [0, 0.1) is 19.8 Å². The van der Waals surface area contributed by atoms with Gasteiger partial charge in [-0.3, -0.25) is 4.99 Å². The van der Waals surface area contributed by atoms with E-state index < -0.39 is 12.0 Å². The summed E-state index contributed by atoms with van der Waals surface area (Å²) < 4.78 is 11.4. The number of nitrogens with zero attached hydrogens (tertiary/aromatic N) is 1. The van der Waals surface area contributed by atoms with Crippen LogP contribution in [0.5, 0.6) is 5.75 Å². The molecule has 1 unspecified atom stereocenters. The summed E-state index contributed by atoms with van der Waals surface area (Å²) in [7, 11) is 1.62. The first-order chi connectivity index (χ1) is 13.3. The number of carboxylic acid groups (broad SMARTS) is 1. The Kier molecular flexibility index (Phi) is 5.54. The maximum Gasteiger partial charge on any atom is 0.139 e. The lowest BCUT2D eigenvalue weighted by atomic mass is 10.0. The van der Waals surface area contributed by atoms with Gasteiger partial charge in [0.05, 0.1) is 24.5 Å². The molecule has 0 aliphatic rings. The minimum atomic E-state index is -1.18. The first kappa shape index (κ1) is 19.7. The molecule has 28 heavy (non-hydrogen) atoms. The molecular weight excluding hydrogens is 354 g/mol. The number of aryl methyl sites for hydroxylation is 2. The summed E-state index contributed by atoms with van der Waals surface area (Å²) in [5, 5.41) is 13.0. The molecule has 146 valence electrons. The van der Waals surface area contributed by atoms with Crippen LogP contribution >= 0.6 is 0 Å². The van der Waals surface area contributed by atoms with Crippen molar-refractivity contribution in [1.29, 1.82) is 0 Å². The predicted molar refractivity (Wildman–Crippen MR) is 107 cm³/mol. The number of fused-ring (bicyclic) bond motifs is 1. The van der Waals surface area contributed by atoms with Crippen LogP contribution in [0.25, 0.3) is 22.3 Å². The van der Waals surface area contributed by atoms with Crippen molar-refractivity contribution in [3.8, 4) is 17.1 Å². The van der Waals surface area contributed by atoms with Gasteiger partial charge in [-0.15, -0.1) is 0 Å². The van der Waals surface area contributed by atoms with Crippen LogP contribution in [0.2, 0.25) is 0 Å². The molecule has 1 heterocycles. The maximum absolute atomic E-state index is 11.6. The standard InChI is InChI=1S/C23H25NO4/c1-13(2)21(23(25)26)24-19-12-20(16-6-8-17(27-5)9-7-16)28-22-15(4)10-14(3)11-18(19)22/h6-13,21H,1-5H3,(H,25,26)/p-1. The van der Waals surface area contributed by atoms with Crippen molar-refractivity contribution in [2.75, 3.05) is 7.11 Å². The van der Waals surface area contributed by atoms with Crippen LogP contribution in [0.15, 0.2) is 51.9 Å². The van der Waals surface area contributed by atoms with E-state index in [2.05, 4.69) is 4.99 Å². The first-order valence-corrected chi connectivity index (χ1v) is 9.24. The molecular formula is C23H24NO4-. The van der Waals surface area contributed by atoms with Gasteiger partial charge < -0.3 is 19.1 Å². The van der Waals surface area contributed by atoms with E-state index in [4.69, 9.17) is 9.15 Å². The Labute approximate surface area is 164 Å². The quantitative estimate of drug-likeness (QED) is 0.682. The lowest BCUT2D eigenvalue weighted by Gasteiger charge is -2.17. The van der Waals surface area contributed by atoms with Crippen molar-refractivity contribution in [2.45, 2.75) is 33.7 Å². The maximum atomic E-state index is 11.6. The zero-order valence-corrected chi connectivity index (χ0v) is 16.8. The molecule has 5 nitrogen and oxygen atoms in total. The number of aliphatic carboxylic acids is 1. The van der Waals surface area contributed by atoms with Gasteiger partial charge in [-0.25, -0.2) is 0 Å². The fraction of sp³-hybridized carbons (Fsp3) is 0.304. The molecule has 3 rings (SSSR count). The monoisotopic (exact) mass is 378 g/mol. The number of ether oxygens (including phenoxy) is 1. The number of methoxy groups -OCH3 is 1. The molecule has 0 amide bonds. The molecule has 0 saturated heterocycles. The van der Waals surface area contributed by atoms with Crippen molar-refractivity contribution in [1.82, 2.24) is 0 Å². The normalized spacial score (nSPS) is 13.1. The Morgan fingerprint density at radius 3 is 2.36 bits per heavy atom. The number of carbonyl (C=O) groups is 1. The van der Waals surface area contributed by atoms with Gasteiger partial charge in [-0.1, -0.05) is 19.9 Å². The van der Waals surface area contributed by atoms with E-state index in [9.17, 15) is 9.90 Å². The van der Waals surface area contributed by atoms with E-state index >= 15 is 0 Å². The molecule has 5 heteroatoms. The average Bonchev–Trinajstić information content (AvgIpc) is 2.65. The largest absolute Gasteiger partial charge is 0.548 e. The van der Waals surface area contributed by atoms with Gasteiger partial charge in [-0.2, -0.15) is 0 Å². The van der Waals surface area contributed by atoms with Crippen molar-refractivity contribution in [2.24, 2.45) is 10.9 Å². The molecule has 0 N–H and O–H groups in total. The first-order valence-electron chi connectivity index (χ1n) is 9.24. The Morgan fingerprint density at radius 2 is 1.79 bits per heavy atom. The van der Waals surface area contributed by atoms with Crippen molar-refractivity contribution >= 4 is 16.9 Å². The van der Waals surface area contributed by atoms with Crippen LogP contribution in [0.4, 0.5) is 0 Å². The molecule has 0 saturated carbocycles. The zero-order valence-electron chi connectivity index (χ0n) is 16.8. The SMILES string of the molecule is COc1ccc(-c2cc(=NC(C(=O)[O-])C(C)C)c3cc(C)cc(C)c3o2)cc1.